The van der Waals surface area contributed by atoms with Gasteiger partial charge in [0.2, 0.25) is 0 Å². The highest BCUT2D eigenvalue weighted by Gasteiger charge is 2.07. The number of anilines is 1. The van der Waals surface area contributed by atoms with Gasteiger partial charge in [-0.15, -0.1) is 0 Å². The van der Waals surface area contributed by atoms with Crippen LogP contribution in [0.15, 0.2) is 61.2 Å². The fraction of sp³-hybridized carbons (Fsp3) is 0.286. The van der Waals surface area contributed by atoms with E-state index >= 15 is 0 Å². The number of ether oxygens (including phenoxy) is 2. The smallest absolute Gasteiger partial charge is 0.255 e. The molecule has 0 unspecified atom stereocenters. The molecule has 0 saturated heterocycles. The van der Waals surface area contributed by atoms with Crippen molar-refractivity contribution in [3.63, 3.8) is 0 Å². The van der Waals surface area contributed by atoms with Crippen LogP contribution >= 0.6 is 0 Å². The molecule has 4 nitrogen and oxygen atoms in total. The lowest BCUT2D eigenvalue weighted by Gasteiger charge is -2.09. The highest BCUT2D eigenvalue weighted by molar-refractivity contribution is 6.04. The van der Waals surface area contributed by atoms with Crippen LogP contribution in [0, 0.1) is 0 Å². The van der Waals surface area contributed by atoms with Crippen molar-refractivity contribution in [1.29, 1.82) is 0 Å². The van der Waals surface area contributed by atoms with E-state index in [1.165, 1.54) is 6.42 Å². The van der Waals surface area contributed by atoms with Crippen LogP contribution in [-0.4, -0.2) is 19.1 Å². The van der Waals surface area contributed by atoms with Crippen molar-refractivity contribution in [2.75, 3.05) is 18.5 Å². The number of rotatable bonds is 10. The molecule has 132 valence electrons. The first kappa shape index (κ1) is 18.6. The second-order valence-corrected chi connectivity index (χ2v) is 5.66. The third kappa shape index (κ3) is 6.34. The fourth-order valence-corrected chi connectivity index (χ4v) is 2.27. The molecule has 0 radical (unpaired) electrons. The van der Waals surface area contributed by atoms with Gasteiger partial charge in [0.25, 0.3) is 5.91 Å². The van der Waals surface area contributed by atoms with E-state index in [2.05, 4.69) is 18.8 Å². The van der Waals surface area contributed by atoms with Crippen molar-refractivity contribution in [2.24, 2.45) is 0 Å². The maximum Gasteiger partial charge on any atom is 0.255 e. The fourth-order valence-electron chi connectivity index (χ4n) is 2.27. The van der Waals surface area contributed by atoms with Crippen LogP contribution in [0.4, 0.5) is 5.69 Å². The predicted molar refractivity (Wildman–Crippen MR) is 102 cm³/mol. The van der Waals surface area contributed by atoms with Crippen LogP contribution in [0.2, 0.25) is 0 Å². The van der Waals surface area contributed by atoms with Crippen molar-refractivity contribution >= 4 is 11.6 Å². The number of nitrogens with one attached hydrogen (secondary N) is 1. The van der Waals surface area contributed by atoms with E-state index in [1.807, 2.05) is 30.3 Å². The molecular weight excluding hydrogens is 314 g/mol. The Labute approximate surface area is 149 Å². The molecule has 4 heteroatoms. The number of unbranched alkanes of at least 4 members (excludes halogenated alkanes) is 2. The third-order valence-corrected chi connectivity index (χ3v) is 3.59. The van der Waals surface area contributed by atoms with Gasteiger partial charge in [-0.1, -0.05) is 38.5 Å². The monoisotopic (exact) mass is 339 g/mol. The highest BCUT2D eigenvalue weighted by atomic mass is 16.5. The average Bonchev–Trinajstić information content (AvgIpc) is 2.64. The lowest BCUT2D eigenvalue weighted by atomic mass is 10.2. The quantitative estimate of drug-likeness (QED) is 0.485. The summed E-state index contributed by atoms with van der Waals surface area (Å²) in [5.74, 6) is 1.31. The Bertz CT molecular complexity index is 680. The minimum atomic E-state index is -0.168. The van der Waals surface area contributed by atoms with Gasteiger partial charge in [-0.2, -0.15) is 0 Å². The van der Waals surface area contributed by atoms with E-state index in [1.54, 1.807) is 24.3 Å². The summed E-state index contributed by atoms with van der Waals surface area (Å²) in [6.07, 6.45) is 5.05. The Morgan fingerprint density at radius 1 is 1.08 bits per heavy atom. The standard InChI is InChI=1S/C21H25NO3/c1-3-5-6-15-25-19-12-10-17(11-13-19)21(23)22-18-8-7-9-20(16-18)24-14-4-2/h4,7-13,16H,2-3,5-6,14-15H2,1H3,(H,22,23). The molecule has 0 heterocycles. The molecule has 0 atom stereocenters. The number of carbonyl (C=O) groups is 1. The highest BCUT2D eigenvalue weighted by Crippen LogP contribution is 2.19. The van der Waals surface area contributed by atoms with Crippen LogP contribution in [0.25, 0.3) is 0 Å². The molecule has 2 rings (SSSR count). The van der Waals surface area contributed by atoms with Crippen LogP contribution < -0.4 is 14.8 Å². The molecule has 2 aromatic carbocycles. The lowest BCUT2D eigenvalue weighted by molar-refractivity contribution is 0.102. The number of hydrogen-bond donors (Lipinski definition) is 1. The Morgan fingerprint density at radius 3 is 2.60 bits per heavy atom. The van der Waals surface area contributed by atoms with Gasteiger partial charge in [-0.25, -0.2) is 0 Å². The number of benzene rings is 2. The second-order valence-electron chi connectivity index (χ2n) is 5.66. The average molecular weight is 339 g/mol. The van der Waals surface area contributed by atoms with Crippen molar-refractivity contribution in [2.45, 2.75) is 26.2 Å². The largest absolute Gasteiger partial charge is 0.494 e. The van der Waals surface area contributed by atoms with Gasteiger partial charge in [0.05, 0.1) is 6.61 Å². The van der Waals surface area contributed by atoms with Gasteiger partial charge in [0, 0.05) is 17.3 Å². The number of carbonyl (C=O) groups excluding carboxylic acids is 1. The van der Waals surface area contributed by atoms with Crippen molar-refractivity contribution in [3.05, 3.63) is 66.7 Å². The van der Waals surface area contributed by atoms with Crippen LogP contribution in [0.5, 0.6) is 11.5 Å². The topological polar surface area (TPSA) is 47.6 Å². The predicted octanol–water partition coefficient (Wildman–Crippen LogP) is 5.07. The first-order valence-corrected chi connectivity index (χ1v) is 8.61. The Morgan fingerprint density at radius 2 is 1.88 bits per heavy atom. The Kier molecular flexibility index (Phi) is 7.57. The van der Waals surface area contributed by atoms with E-state index < -0.39 is 0 Å². The molecular formula is C21H25NO3. The molecule has 0 saturated carbocycles. The van der Waals surface area contributed by atoms with E-state index in [4.69, 9.17) is 9.47 Å². The molecule has 0 spiro atoms. The summed E-state index contributed by atoms with van der Waals surface area (Å²) in [6.45, 7) is 6.91. The van der Waals surface area contributed by atoms with Gasteiger partial charge in [-0.3, -0.25) is 4.79 Å². The molecule has 0 aliphatic carbocycles. The maximum absolute atomic E-state index is 12.3. The zero-order valence-corrected chi connectivity index (χ0v) is 14.7. The van der Waals surface area contributed by atoms with Crippen LogP contribution in [0.3, 0.4) is 0 Å². The maximum atomic E-state index is 12.3. The SMILES string of the molecule is C=CCOc1cccc(NC(=O)c2ccc(OCCCCC)cc2)c1. The summed E-state index contributed by atoms with van der Waals surface area (Å²) in [7, 11) is 0. The normalized spacial score (nSPS) is 10.1. The van der Waals surface area contributed by atoms with Gasteiger partial charge < -0.3 is 14.8 Å². The van der Waals surface area contributed by atoms with E-state index in [0.717, 1.165) is 18.6 Å². The summed E-state index contributed by atoms with van der Waals surface area (Å²) in [4.78, 5) is 12.3. The molecule has 0 aromatic heterocycles. The number of hydrogen-bond acceptors (Lipinski definition) is 3. The first-order chi connectivity index (χ1) is 12.2. The first-order valence-electron chi connectivity index (χ1n) is 8.61. The zero-order chi connectivity index (χ0) is 17.9. The Balaban J connectivity index is 1.91. The van der Waals surface area contributed by atoms with Crippen molar-refractivity contribution < 1.29 is 14.3 Å². The lowest BCUT2D eigenvalue weighted by Crippen LogP contribution is -2.11. The summed E-state index contributed by atoms with van der Waals surface area (Å²) >= 11 is 0. The van der Waals surface area contributed by atoms with E-state index in [9.17, 15) is 4.79 Å². The van der Waals surface area contributed by atoms with Gasteiger partial charge in [0.15, 0.2) is 0 Å². The van der Waals surface area contributed by atoms with E-state index in [0.29, 0.717) is 30.2 Å². The summed E-state index contributed by atoms with van der Waals surface area (Å²) in [5, 5.41) is 2.87. The van der Waals surface area contributed by atoms with Gasteiger partial charge >= 0.3 is 0 Å². The molecule has 0 fully saturated rings. The van der Waals surface area contributed by atoms with Gasteiger partial charge in [-0.05, 0) is 42.8 Å². The molecule has 1 amide bonds. The van der Waals surface area contributed by atoms with E-state index in [-0.39, 0.29) is 5.91 Å². The second kappa shape index (κ2) is 10.2. The van der Waals surface area contributed by atoms with Gasteiger partial charge in [0.1, 0.15) is 18.1 Å². The molecule has 0 bridgehead atoms. The Hall–Kier alpha value is -2.75. The van der Waals surface area contributed by atoms with Crippen molar-refractivity contribution in [1.82, 2.24) is 0 Å². The summed E-state index contributed by atoms with van der Waals surface area (Å²) < 4.78 is 11.1. The molecule has 25 heavy (non-hydrogen) atoms. The van der Waals surface area contributed by atoms with Crippen LogP contribution in [0.1, 0.15) is 36.5 Å². The zero-order valence-electron chi connectivity index (χ0n) is 14.7. The third-order valence-electron chi connectivity index (χ3n) is 3.59. The minimum Gasteiger partial charge on any atom is -0.494 e. The molecule has 1 N–H and O–H groups in total. The van der Waals surface area contributed by atoms with Crippen molar-refractivity contribution in [3.8, 4) is 11.5 Å². The molecule has 2 aromatic rings. The summed E-state index contributed by atoms with van der Waals surface area (Å²) in [6, 6.07) is 14.5. The minimum absolute atomic E-state index is 0.168. The van der Waals surface area contributed by atoms with Crippen LogP contribution in [-0.2, 0) is 0 Å². The molecule has 0 aliphatic heterocycles. The molecule has 0 aliphatic rings. The number of amides is 1. The summed E-state index contributed by atoms with van der Waals surface area (Å²) in [5.41, 5.74) is 1.27.